The summed E-state index contributed by atoms with van der Waals surface area (Å²) in [4.78, 5) is 12.9. The van der Waals surface area contributed by atoms with Gasteiger partial charge in [0.25, 0.3) is 0 Å². The van der Waals surface area contributed by atoms with Crippen LogP contribution in [0.3, 0.4) is 0 Å². The molecule has 1 N–H and O–H groups in total. The van der Waals surface area contributed by atoms with Crippen molar-refractivity contribution in [2.45, 2.75) is 32.4 Å². The minimum absolute atomic E-state index is 0.119. The van der Waals surface area contributed by atoms with Gasteiger partial charge in [-0.3, -0.25) is 4.79 Å². The van der Waals surface area contributed by atoms with Crippen molar-refractivity contribution in [3.63, 3.8) is 0 Å². The van der Waals surface area contributed by atoms with Crippen LogP contribution >= 0.6 is 0 Å². The van der Waals surface area contributed by atoms with Crippen LogP contribution in [-0.2, 0) is 17.9 Å². The highest BCUT2D eigenvalue weighted by molar-refractivity contribution is 5.86. The van der Waals surface area contributed by atoms with Gasteiger partial charge in [-0.1, -0.05) is 42.5 Å². The Morgan fingerprint density at radius 2 is 1.58 bits per heavy atom. The molecule has 1 atom stereocenters. The number of aromatic nitrogens is 1. The molecule has 1 amide bonds. The molecule has 0 aliphatic heterocycles. The van der Waals surface area contributed by atoms with Gasteiger partial charge in [-0.2, -0.15) is 0 Å². The normalized spacial score (nSPS) is 12.1. The molecule has 0 saturated heterocycles. The first-order valence-electron chi connectivity index (χ1n) is 10.4. The van der Waals surface area contributed by atoms with E-state index in [1.165, 1.54) is 24.3 Å². The Morgan fingerprint density at radius 1 is 0.935 bits per heavy atom. The van der Waals surface area contributed by atoms with E-state index >= 15 is 0 Å². The van der Waals surface area contributed by atoms with Crippen LogP contribution in [0, 0.1) is 11.6 Å². The number of hydrogen-bond acceptors (Lipinski definition) is 1. The summed E-state index contributed by atoms with van der Waals surface area (Å²) in [5, 5.41) is 4.01. The number of fused-ring (bicyclic) bond motifs is 1. The van der Waals surface area contributed by atoms with Crippen LogP contribution in [0.15, 0.2) is 79.0 Å². The van der Waals surface area contributed by atoms with Crippen LogP contribution in [0.1, 0.15) is 36.0 Å². The zero-order valence-electron chi connectivity index (χ0n) is 17.3. The average Bonchev–Trinajstić information content (AvgIpc) is 3.16. The maximum atomic E-state index is 13.6. The lowest BCUT2D eigenvalue weighted by molar-refractivity contribution is -0.121. The predicted octanol–water partition coefficient (Wildman–Crippen LogP) is 5.78. The van der Waals surface area contributed by atoms with Crippen molar-refractivity contribution >= 4 is 16.8 Å². The molecule has 158 valence electrons. The second-order valence-electron chi connectivity index (χ2n) is 7.60. The quantitative estimate of drug-likeness (QED) is 0.406. The minimum atomic E-state index is -0.307. The van der Waals surface area contributed by atoms with Gasteiger partial charge < -0.3 is 9.88 Å². The van der Waals surface area contributed by atoms with E-state index in [0.717, 1.165) is 34.1 Å². The van der Waals surface area contributed by atoms with Gasteiger partial charge in [0.05, 0.1) is 0 Å². The fourth-order valence-corrected chi connectivity index (χ4v) is 3.98. The molecule has 1 unspecified atom stereocenters. The molecule has 0 aliphatic rings. The van der Waals surface area contributed by atoms with E-state index in [4.69, 9.17) is 0 Å². The minimum Gasteiger partial charge on any atom is -0.352 e. The molecule has 0 bridgehead atoms. The van der Waals surface area contributed by atoms with Gasteiger partial charge in [0, 0.05) is 42.5 Å². The Kier molecular flexibility index (Phi) is 6.12. The maximum Gasteiger partial charge on any atom is 0.221 e. The molecule has 4 rings (SSSR count). The summed E-state index contributed by atoms with van der Waals surface area (Å²) < 4.78 is 28.8. The van der Waals surface area contributed by atoms with Crippen molar-refractivity contribution in [1.82, 2.24) is 9.88 Å². The van der Waals surface area contributed by atoms with Gasteiger partial charge in [0.1, 0.15) is 11.6 Å². The van der Waals surface area contributed by atoms with Crippen molar-refractivity contribution < 1.29 is 13.6 Å². The third kappa shape index (κ3) is 4.66. The molecular formula is C26H24F2N2O. The number of rotatable bonds is 7. The number of halogens is 2. The van der Waals surface area contributed by atoms with Crippen LogP contribution in [-0.4, -0.2) is 10.5 Å². The standard InChI is InChI=1S/C26H24F2N2O/c1-2-30-17-24(22-5-3-4-6-25(22)30)23(19-9-13-21(28)14-10-19)15-26(31)29-16-18-7-11-20(27)12-8-18/h3-14,17,23H,2,15-16H2,1H3,(H,29,31). The first-order chi connectivity index (χ1) is 15.0. The molecule has 0 saturated carbocycles. The molecular weight excluding hydrogens is 394 g/mol. The Hall–Kier alpha value is -3.47. The highest BCUT2D eigenvalue weighted by Gasteiger charge is 2.22. The highest BCUT2D eigenvalue weighted by Crippen LogP contribution is 2.35. The molecule has 0 aliphatic carbocycles. The zero-order chi connectivity index (χ0) is 21.8. The molecule has 0 spiro atoms. The summed E-state index contributed by atoms with van der Waals surface area (Å²) in [6, 6.07) is 20.5. The molecule has 3 aromatic carbocycles. The Balaban J connectivity index is 1.63. The maximum absolute atomic E-state index is 13.6. The molecule has 5 heteroatoms. The van der Waals surface area contributed by atoms with E-state index in [0.29, 0.717) is 6.54 Å². The number of carbonyl (C=O) groups excluding carboxylic acids is 1. The summed E-state index contributed by atoms with van der Waals surface area (Å²) in [5.74, 6) is -0.948. The third-order valence-electron chi connectivity index (χ3n) is 5.60. The molecule has 4 aromatic rings. The van der Waals surface area contributed by atoms with E-state index in [1.54, 1.807) is 24.3 Å². The van der Waals surface area contributed by atoms with E-state index < -0.39 is 0 Å². The monoisotopic (exact) mass is 418 g/mol. The zero-order valence-corrected chi connectivity index (χ0v) is 17.3. The second-order valence-corrected chi connectivity index (χ2v) is 7.60. The Morgan fingerprint density at radius 3 is 2.26 bits per heavy atom. The summed E-state index contributed by atoms with van der Waals surface area (Å²) in [7, 11) is 0. The number of hydrogen-bond donors (Lipinski definition) is 1. The number of nitrogens with one attached hydrogen (secondary N) is 1. The molecule has 0 fully saturated rings. The molecule has 1 heterocycles. The van der Waals surface area contributed by atoms with Crippen LogP contribution in [0.2, 0.25) is 0 Å². The summed E-state index contributed by atoms with van der Waals surface area (Å²) >= 11 is 0. The Bertz CT molecular complexity index is 1180. The molecule has 1 aromatic heterocycles. The molecule has 31 heavy (non-hydrogen) atoms. The largest absolute Gasteiger partial charge is 0.352 e. The Labute approximate surface area is 180 Å². The number of carbonyl (C=O) groups is 1. The van der Waals surface area contributed by atoms with Crippen molar-refractivity contribution in [2.24, 2.45) is 0 Å². The van der Waals surface area contributed by atoms with E-state index in [2.05, 4.69) is 35.1 Å². The number of aryl methyl sites for hydroxylation is 1. The summed E-state index contributed by atoms with van der Waals surface area (Å²) in [5.41, 5.74) is 3.87. The van der Waals surface area contributed by atoms with Crippen LogP contribution in [0.4, 0.5) is 8.78 Å². The second kappa shape index (κ2) is 9.13. The van der Waals surface area contributed by atoms with Crippen molar-refractivity contribution in [3.8, 4) is 0 Å². The smallest absolute Gasteiger partial charge is 0.221 e. The lowest BCUT2D eigenvalue weighted by atomic mass is 9.88. The molecule has 0 radical (unpaired) electrons. The van der Waals surface area contributed by atoms with Crippen molar-refractivity contribution in [1.29, 1.82) is 0 Å². The van der Waals surface area contributed by atoms with E-state index in [-0.39, 0.29) is 29.9 Å². The van der Waals surface area contributed by atoms with E-state index in [1.807, 2.05) is 12.1 Å². The van der Waals surface area contributed by atoms with Gasteiger partial charge >= 0.3 is 0 Å². The molecule has 3 nitrogen and oxygen atoms in total. The number of benzene rings is 3. The van der Waals surface area contributed by atoms with Gasteiger partial charge in [0.15, 0.2) is 0 Å². The summed E-state index contributed by atoms with van der Waals surface area (Å²) in [6.45, 7) is 3.22. The van der Waals surface area contributed by atoms with Crippen LogP contribution < -0.4 is 5.32 Å². The van der Waals surface area contributed by atoms with Gasteiger partial charge in [-0.25, -0.2) is 8.78 Å². The van der Waals surface area contributed by atoms with Crippen molar-refractivity contribution in [2.75, 3.05) is 0 Å². The lowest BCUT2D eigenvalue weighted by Gasteiger charge is -2.17. The number of amides is 1. The number of para-hydroxylation sites is 1. The van der Waals surface area contributed by atoms with Crippen LogP contribution in [0.5, 0.6) is 0 Å². The van der Waals surface area contributed by atoms with Gasteiger partial charge in [-0.05, 0) is 53.9 Å². The predicted molar refractivity (Wildman–Crippen MR) is 119 cm³/mol. The third-order valence-corrected chi connectivity index (χ3v) is 5.60. The topological polar surface area (TPSA) is 34.0 Å². The SMILES string of the molecule is CCn1cc(C(CC(=O)NCc2ccc(F)cc2)c2ccc(F)cc2)c2ccccc21. The lowest BCUT2D eigenvalue weighted by Crippen LogP contribution is -2.25. The fraction of sp³-hybridized carbons (Fsp3) is 0.192. The van der Waals surface area contributed by atoms with Crippen molar-refractivity contribution in [3.05, 3.63) is 107 Å². The van der Waals surface area contributed by atoms with Crippen LogP contribution in [0.25, 0.3) is 10.9 Å². The average molecular weight is 418 g/mol. The first kappa shape index (κ1) is 20.8. The van der Waals surface area contributed by atoms with Gasteiger partial charge in [0.2, 0.25) is 5.91 Å². The number of nitrogens with zero attached hydrogens (tertiary/aromatic N) is 1. The van der Waals surface area contributed by atoms with E-state index in [9.17, 15) is 13.6 Å². The fourth-order valence-electron chi connectivity index (χ4n) is 3.98. The summed E-state index contributed by atoms with van der Waals surface area (Å²) in [6.07, 6.45) is 2.32. The first-order valence-corrected chi connectivity index (χ1v) is 10.4. The van der Waals surface area contributed by atoms with Gasteiger partial charge in [-0.15, -0.1) is 0 Å². The highest BCUT2D eigenvalue weighted by atomic mass is 19.1.